The van der Waals surface area contributed by atoms with Crippen LogP contribution in [-0.4, -0.2) is 11.7 Å². The van der Waals surface area contributed by atoms with Gasteiger partial charge in [0.15, 0.2) is 0 Å². The Morgan fingerprint density at radius 1 is 1.39 bits per heavy atom. The number of hydrogen-bond donors (Lipinski definition) is 1. The lowest BCUT2D eigenvalue weighted by atomic mass is 10.2. The highest BCUT2D eigenvalue weighted by Crippen LogP contribution is 2.22. The molecule has 0 fully saturated rings. The van der Waals surface area contributed by atoms with Crippen LogP contribution in [0.1, 0.15) is 51.8 Å². The second-order valence-electron chi connectivity index (χ2n) is 5.39. The molecule has 0 bridgehead atoms. The Kier molecular flexibility index (Phi) is 5.66. The Morgan fingerprint density at radius 3 is 2.72 bits per heavy atom. The van der Waals surface area contributed by atoms with E-state index in [2.05, 4.69) is 12.2 Å². The summed E-state index contributed by atoms with van der Waals surface area (Å²) in [6.45, 7) is 7.77. The molecule has 1 amide bonds. The minimum Gasteiger partial charge on any atom is -0.444 e. The zero-order chi connectivity index (χ0) is 13.6. The quantitative estimate of drug-likeness (QED) is 0.778. The summed E-state index contributed by atoms with van der Waals surface area (Å²) < 4.78 is 5.20. The van der Waals surface area contributed by atoms with E-state index >= 15 is 0 Å². The van der Waals surface area contributed by atoms with Crippen molar-refractivity contribution in [1.82, 2.24) is 0 Å². The van der Waals surface area contributed by atoms with Crippen LogP contribution in [0.4, 0.5) is 10.5 Å². The van der Waals surface area contributed by atoms with Crippen LogP contribution in [0, 0.1) is 0 Å². The van der Waals surface area contributed by atoms with Crippen LogP contribution in [0.15, 0.2) is 11.4 Å². The standard InChI is InChI=1S/C14H23NO2S/c1-5-6-7-8-12-9-11(10-18-12)15-13(16)17-14(2,3)4/h9-10H,5-8H2,1-4H3,(H,15,16). The molecule has 0 saturated heterocycles. The molecule has 1 heterocycles. The molecule has 0 spiro atoms. The van der Waals surface area contributed by atoms with Crippen molar-refractivity contribution in [3.63, 3.8) is 0 Å². The van der Waals surface area contributed by atoms with Gasteiger partial charge in [-0.15, -0.1) is 11.3 Å². The van der Waals surface area contributed by atoms with E-state index < -0.39 is 5.60 Å². The van der Waals surface area contributed by atoms with Gasteiger partial charge in [0.25, 0.3) is 0 Å². The number of rotatable bonds is 5. The molecule has 0 aliphatic carbocycles. The monoisotopic (exact) mass is 269 g/mol. The van der Waals surface area contributed by atoms with Crippen molar-refractivity contribution in [2.45, 2.75) is 59.0 Å². The lowest BCUT2D eigenvalue weighted by molar-refractivity contribution is 0.0636. The predicted octanol–water partition coefficient (Wildman–Crippen LogP) is 4.83. The molecule has 4 heteroatoms. The molecule has 1 aromatic rings. The first kappa shape index (κ1) is 15.0. The summed E-state index contributed by atoms with van der Waals surface area (Å²) in [6.07, 6.45) is 4.40. The highest BCUT2D eigenvalue weighted by atomic mass is 32.1. The summed E-state index contributed by atoms with van der Waals surface area (Å²) >= 11 is 1.69. The number of unbranched alkanes of at least 4 members (excludes halogenated alkanes) is 2. The molecule has 0 unspecified atom stereocenters. The summed E-state index contributed by atoms with van der Waals surface area (Å²) in [4.78, 5) is 12.9. The molecule has 3 nitrogen and oxygen atoms in total. The van der Waals surface area contributed by atoms with Gasteiger partial charge in [-0.3, -0.25) is 5.32 Å². The molecule has 1 rings (SSSR count). The van der Waals surface area contributed by atoms with E-state index in [9.17, 15) is 4.79 Å². The van der Waals surface area contributed by atoms with Crippen molar-refractivity contribution >= 4 is 23.1 Å². The largest absolute Gasteiger partial charge is 0.444 e. The number of ether oxygens (including phenoxy) is 1. The highest BCUT2D eigenvalue weighted by Gasteiger charge is 2.16. The van der Waals surface area contributed by atoms with Crippen molar-refractivity contribution in [2.24, 2.45) is 0 Å². The highest BCUT2D eigenvalue weighted by molar-refractivity contribution is 7.10. The molecule has 0 aromatic carbocycles. The Hall–Kier alpha value is -1.03. The molecular weight excluding hydrogens is 246 g/mol. The molecule has 0 aliphatic heterocycles. The number of anilines is 1. The fraction of sp³-hybridized carbons (Fsp3) is 0.643. The van der Waals surface area contributed by atoms with Crippen molar-refractivity contribution in [3.05, 3.63) is 16.3 Å². The Labute approximate surface area is 114 Å². The van der Waals surface area contributed by atoms with Gasteiger partial charge in [0.2, 0.25) is 0 Å². The number of nitrogens with one attached hydrogen (secondary N) is 1. The summed E-state index contributed by atoms with van der Waals surface area (Å²) in [5.74, 6) is 0. The fourth-order valence-electron chi connectivity index (χ4n) is 1.55. The first-order valence-electron chi connectivity index (χ1n) is 6.48. The maximum atomic E-state index is 11.6. The van der Waals surface area contributed by atoms with Crippen molar-refractivity contribution in [1.29, 1.82) is 0 Å². The molecule has 0 radical (unpaired) electrons. The molecule has 0 aliphatic rings. The number of carbonyl (C=O) groups is 1. The van der Waals surface area contributed by atoms with Crippen LogP contribution in [0.25, 0.3) is 0 Å². The lowest BCUT2D eigenvalue weighted by Crippen LogP contribution is -2.27. The van der Waals surface area contributed by atoms with E-state index in [-0.39, 0.29) is 6.09 Å². The van der Waals surface area contributed by atoms with E-state index in [0.717, 1.165) is 12.1 Å². The van der Waals surface area contributed by atoms with Crippen LogP contribution in [-0.2, 0) is 11.2 Å². The maximum Gasteiger partial charge on any atom is 0.412 e. The molecule has 1 aromatic heterocycles. The Morgan fingerprint density at radius 2 is 2.11 bits per heavy atom. The summed E-state index contributed by atoms with van der Waals surface area (Å²) in [5.41, 5.74) is 0.380. The van der Waals surface area contributed by atoms with E-state index in [1.54, 1.807) is 11.3 Å². The van der Waals surface area contributed by atoms with Gasteiger partial charge >= 0.3 is 6.09 Å². The molecule has 102 valence electrons. The molecule has 18 heavy (non-hydrogen) atoms. The smallest absolute Gasteiger partial charge is 0.412 e. The van der Waals surface area contributed by atoms with Gasteiger partial charge in [0.1, 0.15) is 5.60 Å². The molecule has 0 saturated carbocycles. The maximum absolute atomic E-state index is 11.6. The number of carbonyl (C=O) groups excluding carboxylic acids is 1. The number of hydrogen-bond acceptors (Lipinski definition) is 3. The SMILES string of the molecule is CCCCCc1cc(NC(=O)OC(C)(C)C)cs1. The third-order valence-electron chi connectivity index (χ3n) is 2.33. The van der Waals surface area contributed by atoms with Crippen LogP contribution in [0.3, 0.4) is 0 Å². The van der Waals surface area contributed by atoms with Gasteiger partial charge in [-0.1, -0.05) is 19.8 Å². The van der Waals surface area contributed by atoms with Gasteiger partial charge in [0.05, 0.1) is 5.69 Å². The van der Waals surface area contributed by atoms with Gasteiger partial charge in [-0.2, -0.15) is 0 Å². The Bertz CT molecular complexity index is 379. The minimum absolute atomic E-state index is 0.389. The fourth-order valence-corrected chi connectivity index (χ4v) is 2.41. The number of amides is 1. The first-order valence-corrected chi connectivity index (χ1v) is 7.36. The van der Waals surface area contributed by atoms with E-state index in [1.807, 2.05) is 32.2 Å². The zero-order valence-corrected chi connectivity index (χ0v) is 12.5. The Balaban J connectivity index is 2.41. The summed E-state index contributed by atoms with van der Waals surface area (Å²) in [5, 5.41) is 4.72. The molecular formula is C14H23NO2S. The van der Waals surface area contributed by atoms with Crippen LogP contribution in [0.5, 0.6) is 0 Å². The van der Waals surface area contributed by atoms with Crippen LogP contribution in [0.2, 0.25) is 0 Å². The zero-order valence-electron chi connectivity index (χ0n) is 11.7. The first-order chi connectivity index (χ1) is 8.40. The number of aryl methyl sites for hydroxylation is 1. The third kappa shape index (κ3) is 6.05. The summed E-state index contributed by atoms with van der Waals surface area (Å²) in [6, 6.07) is 2.03. The second-order valence-corrected chi connectivity index (χ2v) is 6.38. The second kappa shape index (κ2) is 6.78. The van der Waals surface area contributed by atoms with Crippen LogP contribution < -0.4 is 5.32 Å². The molecule has 0 atom stereocenters. The van der Waals surface area contributed by atoms with E-state index in [4.69, 9.17) is 4.74 Å². The average Bonchev–Trinajstić information content (AvgIpc) is 2.63. The number of thiophene rings is 1. The predicted molar refractivity (Wildman–Crippen MR) is 77.4 cm³/mol. The third-order valence-corrected chi connectivity index (χ3v) is 3.32. The van der Waals surface area contributed by atoms with Crippen molar-refractivity contribution in [3.8, 4) is 0 Å². The summed E-state index contributed by atoms with van der Waals surface area (Å²) in [7, 11) is 0. The lowest BCUT2D eigenvalue weighted by Gasteiger charge is -2.19. The molecule has 1 N–H and O–H groups in total. The van der Waals surface area contributed by atoms with E-state index in [0.29, 0.717) is 0 Å². The van der Waals surface area contributed by atoms with Crippen molar-refractivity contribution in [2.75, 3.05) is 5.32 Å². The van der Waals surface area contributed by atoms with Gasteiger partial charge in [0, 0.05) is 10.3 Å². The van der Waals surface area contributed by atoms with Crippen LogP contribution >= 0.6 is 11.3 Å². The topological polar surface area (TPSA) is 38.3 Å². The van der Waals surface area contributed by atoms with Gasteiger partial charge < -0.3 is 4.74 Å². The van der Waals surface area contributed by atoms with E-state index in [1.165, 1.54) is 24.1 Å². The van der Waals surface area contributed by atoms with Gasteiger partial charge in [-0.05, 0) is 39.7 Å². The van der Waals surface area contributed by atoms with Crippen molar-refractivity contribution < 1.29 is 9.53 Å². The normalized spacial score (nSPS) is 11.3. The van der Waals surface area contributed by atoms with Gasteiger partial charge in [-0.25, -0.2) is 4.79 Å². The minimum atomic E-state index is -0.454. The average molecular weight is 269 g/mol.